The van der Waals surface area contributed by atoms with Crippen LogP contribution in [-0.4, -0.2) is 19.0 Å². The van der Waals surface area contributed by atoms with Gasteiger partial charge in [-0.05, 0) is 48.4 Å². The van der Waals surface area contributed by atoms with Crippen LogP contribution in [0.4, 0.5) is 5.00 Å². The van der Waals surface area contributed by atoms with Crippen molar-refractivity contribution in [3.63, 3.8) is 0 Å². The van der Waals surface area contributed by atoms with Crippen molar-refractivity contribution >= 4 is 49.6 Å². The molecule has 1 amide bonds. The molecule has 0 atom stereocenters. The van der Waals surface area contributed by atoms with Gasteiger partial charge < -0.3 is 10.1 Å². The maximum Gasteiger partial charge on any atom is 0.341 e. The van der Waals surface area contributed by atoms with Crippen molar-refractivity contribution in [3.8, 4) is 11.1 Å². The van der Waals surface area contributed by atoms with E-state index in [2.05, 4.69) is 24.4 Å². The Hall–Kier alpha value is -2.96. The zero-order valence-electron chi connectivity index (χ0n) is 18.6. The maximum atomic E-state index is 13.4. The summed E-state index contributed by atoms with van der Waals surface area (Å²) in [6.45, 7) is 6.14. The van der Waals surface area contributed by atoms with Crippen LogP contribution in [0.5, 0.6) is 0 Å². The summed E-state index contributed by atoms with van der Waals surface area (Å²) in [5.74, 6) is -0.642. The van der Waals surface area contributed by atoms with E-state index in [4.69, 9.17) is 4.74 Å². The van der Waals surface area contributed by atoms with Crippen LogP contribution in [-0.2, 0) is 11.2 Å². The molecule has 4 rings (SSSR count). The summed E-state index contributed by atoms with van der Waals surface area (Å²) in [6.07, 6.45) is 1.78. The molecule has 6 heteroatoms. The Morgan fingerprint density at radius 2 is 1.84 bits per heavy atom. The fraction of sp³-hybridized carbons (Fsp3) is 0.231. The van der Waals surface area contributed by atoms with Crippen LogP contribution in [0.3, 0.4) is 0 Å². The molecule has 164 valence electrons. The first kappa shape index (κ1) is 22.2. The van der Waals surface area contributed by atoms with Gasteiger partial charge >= 0.3 is 5.97 Å². The molecule has 2 heterocycles. The Kier molecular flexibility index (Phi) is 6.44. The summed E-state index contributed by atoms with van der Waals surface area (Å²) in [4.78, 5) is 26.8. The Morgan fingerprint density at radius 3 is 2.59 bits per heavy atom. The first-order valence-corrected chi connectivity index (χ1v) is 12.2. The van der Waals surface area contributed by atoms with Crippen LogP contribution in [0.15, 0.2) is 47.8 Å². The molecule has 0 aliphatic rings. The van der Waals surface area contributed by atoms with Crippen molar-refractivity contribution < 1.29 is 14.3 Å². The van der Waals surface area contributed by atoms with Crippen molar-refractivity contribution in [3.05, 3.63) is 75.0 Å². The highest BCUT2D eigenvalue weighted by molar-refractivity contribution is 7.21. The van der Waals surface area contributed by atoms with E-state index < -0.39 is 5.97 Å². The number of ether oxygens (including phenoxy) is 1. The van der Waals surface area contributed by atoms with Crippen molar-refractivity contribution in [2.75, 3.05) is 12.4 Å². The molecule has 0 saturated carbocycles. The van der Waals surface area contributed by atoms with Gasteiger partial charge in [0.2, 0.25) is 0 Å². The van der Waals surface area contributed by atoms with E-state index in [0.717, 1.165) is 50.7 Å². The van der Waals surface area contributed by atoms with Gasteiger partial charge in [-0.15, -0.1) is 22.7 Å². The van der Waals surface area contributed by atoms with E-state index in [1.807, 2.05) is 49.6 Å². The zero-order chi connectivity index (χ0) is 22.8. The topological polar surface area (TPSA) is 55.4 Å². The Labute approximate surface area is 195 Å². The number of esters is 1. The fourth-order valence-electron chi connectivity index (χ4n) is 3.92. The molecule has 0 saturated heterocycles. The number of rotatable bonds is 6. The van der Waals surface area contributed by atoms with Crippen LogP contribution < -0.4 is 5.32 Å². The molecular weight excluding hydrogens is 438 g/mol. The van der Waals surface area contributed by atoms with E-state index >= 15 is 0 Å². The second-order valence-electron chi connectivity index (χ2n) is 7.77. The minimum Gasteiger partial charge on any atom is -0.465 e. The van der Waals surface area contributed by atoms with Crippen molar-refractivity contribution in [1.29, 1.82) is 0 Å². The number of benzene rings is 2. The summed E-state index contributed by atoms with van der Waals surface area (Å²) < 4.78 is 6.18. The molecule has 0 unspecified atom stereocenters. The molecule has 0 fully saturated rings. The predicted molar refractivity (Wildman–Crippen MR) is 134 cm³/mol. The molecule has 2 aromatic carbocycles. The summed E-state index contributed by atoms with van der Waals surface area (Å²) in [5, 5.41) is 6.57. The maximum absolute atomic E-state index is 13.4. The number of amides is 1. The molecular formula is C26H25NO3S2. The molecule has 4 nitrogen and oxygen atoms in total. The second-order valence-corrected chi connectivity index (χ2v) is 9.71. The van der Waals surface area contributed by atoms with Crippen LogP contribution in [0.25, 0.3) is 21.2 Å². The van der Waals surface area contributed by atoms with Gasteiger partial charge in [-0.3, -0.25) is 4.79 Å². The highest BCUT2D eigenvalue weighted by Gasteiger charge is 2.25. The van der Waals surface area contributed by atoms with Crippen LogP contribution >= 0.6 is 22.7 Å². The van der Waals surface area contributed by atoms with Gasteiger partial charge in [-0.25, -0.2) is 4.79 Å². The average molecular weight is 464 g/mol. The van der Waals surface area contributed by atoms with Gasteiger partial charge in [0.15, 0.2) is 0 Å². The van der Waals surface area contributed by atoms with Crippen molar-refractivity contribution in [2.45, 2.75) is 33.6 Å². The first-order chi connectivity index (χ1) is 15.4. The van der Waals surface area contributed by atoms with Gasteiger partial charge in [-0.1, -0.05) is 55.3 Å². The summed E-state index contributed by atoms with van der Waals surface area (Å²) >= 11 is 2.85. The number of anilines is 1. The number of methoxy groups -OCH3 is 1. The Balaban J connectivity index is 1.77. The smallest absolute Gasteiger partial charge is 0.341 e. The van der Waals surface area contributed by atoms with E-state index in [1.165, 1.54) is 29.8 Å². The van der Waals surface area contributed by atoms with Gasteiger partial charge in [0.1, 0.15) is 10.6 Å². The highest BCUT2D eigenvalue weighted by Crippen LogP contribution is 2.39. The number of aryl methyl sites for hydroxylation is 3. The number of carbonyl (C=O) groups excluding carboxylic acids is 2. The second kappa shape index (κ2) is 9.27. The van der Waals surface area contributed by atoms with Crippen molar-refractivity contribution in [1.82, 2.24) is 0 Å². The standard InChI is InChI=1S/C26H25NO3S2/c1-5-8-18-17-9-6-7-10-21(17)32-23(18)24(28)27-25-22(26(29)30-4)20(14-31-25)19-13-15(2)11-12-16(19)3/h6-7,9-14H,5,8H2,1-4H3,(H,27,28). The fourth-order valence-corrected chi connectivity index (χ4v) is 6.01. The molecule has 4 aromatic rings. The van der Waals surface area contributed by atoms with E-state index in [1.54, 1.807) is 0 Å². The lowest BCUT2D eigenvalue weighted by atomic mass is 9.97. The third-order valence-corrected chi connectivity index (χ3v) is 7.60. The van der Waals surface area contributed by atoms with Gasteiger partial charge in [0.25, 0.3) is 5.91 Å². The number of hydrogen-bond acceptors (Lipinski definition) is 5. The van der Waals surface area contributed by atoms with Crippen LogP contribution in [0, 0.1) is 13.8 Å². The molecule has 0 aliphatic carbocycles. The van der Waals surface area contributed by atoms with E-state index in [9.17, 15) is 9.59 Å². The normalized spacial score (nSPS) is 11.0. The Morgan fingerprint density at radius 1 is 1.06 bits per heavy atom. The third kappa shape index (κ3) is 4.08. The number of carbonyl (C=O) groups is 2. The van der Waals surface area contributed by atoms with Gasteiger partial charge in [-0.2, -0.15) is 0 Å². The molecule has 0 aliphatic heterocycles. The molecule has 0 spiro atoms. The lowest BCUT2D eigenvalue weighted by Crippen LogP contribution is -2.14. The Bertz CT molecular complexity index is 1320. The summed E-state index contributed by atoms with van der Waals surface area (Å²) in [7, 11) is 1.36. The molecule has 1 N–H and O–H groups in total. The molecule has 2 aromatic heterocycles. The van der Waals surface area contributed by atoms with Crippen molar-refractivity contribution in [2.24, 2.45) is 0 Å². The number of fused-ring (bicyclic) bond motifs is 1. The minimum atomic E-state index is -0.456. The largest absolute Gasteiger partial charge is 0.465 e. The number of nitrogens with one attached hydrogen (secondary N) is 1. The zero-order valence-corrected chi connectivity index (χ0v) is 20.2. The monoisotopic (exact) mass is 463 g/mol. The SMILES string of the molecule is CCCc1c(C(=O)Nc2scc(-c3cc(C)ccc3C)c2C(=O)OC)sc2ccccc12. The lowest BCUT2D eigenvalue weighted by molar-refractivity contribution is 0.0603. The quantitative estimate of drug-likeness (QED) is 0.307. The molecule has 0 radical (unpaired) electrons. The van der Waals surface area contributed by atoms with E-state index in [-0.39, 0.29) is 5.91 Å². The molecule has 0 bridgehead atoms. The van der Waals surface area contributed by atoms with Crippen LogP contribution in [0.2, 0.25) is 0 Å². The first-order valence-electron chi connectivity index (χ1n) is 10.5. The van der Waals surface area contributed by atoms with Gasteiger partial charge in [0.05, 0.1) is 12.0 Å². The van der Waals surface area contributed by atoms with Crippen LogP contribution in [0.1, 0.15) is 50.1 Å². The molecule has 32 heavy (non-hydrogen) atoms. The highest BCUT2D eigenvalue weighted by atomic mass is 32.1. The summed E-state index contributed by atoms with van der Waals surface area (Å²) in [6, 6.07) is 14.2. The minimum absolute atomic E-state index is 0.186. The summed E-state index contributed by atoms with van der Waals surface area (Å²) in [5.41, 5.74) is 5.38. The third-order valence-electron chi connectivity index (χ3n) is 5.50. The lowest BCUT2D eigenvalue weighted by Gasteiger charge is -2.10. The van der Waals surface area contributed by atoms with Gasteiger partial charge in [0, 0.05) is 15.6 Å². The van der Waals surface area contributed by atoms with E-state index in [0.29, 0.717) is 15.4 Å². The number of hydrogen-bond donors (Lipinski definition) is 1. The average Bonchev–Trinajstić information content (AvgIpc) is 3.37. The predicted octanol–water partition coefficient (Wildman–Crippen LogP) is 7.24. The number of thiophene rings is 2.